The highest BCUT2D eigenvalue weighted by Crippen LogP contribution is 2.16. The van der Waals surface area contributed by atoms with Crippen molar-refractivity contribution in [3.05, 3.63) is 0 Å². The van der Waals surface area contributed by atoms with Gasteiger partial charge in [0.15, 0.2) is 6.10 Å². The highest BCUT2D eigenvalue weighted by atomic mass is 16.7. The first-order valence-electron chi connectivity index (χ1n) is 22.2. The number of hydrogen-bond donors (Lipinski definition) is 1. The maximum absolute atomic E-state index is 12.7. The molecule has 0 spiro atoms. The van der Waals surface area contributed by atoms with E-state index >= 15 is 0 Å². The second kappa shape index (κ2) is 37.2. The first kappa shape index (κ1) is 51.3. The van der Waals surface area contributed by atoms with Crippen molar-refractivity contribution in [2.45, 2.75) is 219 Å². The number of ether oxygens (including phenoxy) is 4. The number of carboxylic acids is 1. The molecule has 0 bridgehead atoms. The fourth-order valence-electron chi connectivity index (χ4n) is 6.37. The summed E-state index contributed by atoms with van der Waals surface area (Å²) >= 11 is 0. The first-order chi connectivity index (χ1) is 25.6. The molecule has 0 aromatic rings. The molecule has 9 heteroatoms. The monoisotopic (exact) mass is 757 g/mol. The molecule has 0 amide bonds. The molecule has 0 fully saturated rings. The van der Waals surface area contributed by atoms with Gasteiger partial charge in [-0.25, -0.2) is 4.79 Å². The molecular formula is C44H86NO8+. The van der Waals surface area contributed by atoms with Gasteiger partial charge in [-0.05, 0) is 12.8 Å². The molecule has 2 atom stereocenters. The summed E-state index contributed by atoms with van der Waals surface area (Å²) in [5.41, 5.74) is 0. The molecule has 0 saturated carbocycles. The maximum Gasteiger partial charge on any atom is 0.361 e. The van der Waals surface area contributed by atoms with Crippen molar-refractivity contribution < 1.29 is 42.9 Å². The zero-order chi connectivity index (χ0) is 39.3. The van der Waals surface area contributed by atoms with Gasteiger partial charge < -0.3 is 28.5 Å². The Hall–Kier alpha value is -1.71. The van der Waals surface area contributed by atoms with Gasteiger partial charge in [0.05, 0.1) is 34.4 Å². The lowest BCUT2D eigenvalue weighted by atomic mass is 10.0. The van der Waals surface area contributed by atoms with Crippen molar-refractivity contribution in [1.82, 2.24) is 0 Å². The summed E-state index contributed by atoms with van der Waals surface area (Å²) in [4.78, 5) is 36.7. The SMILES string of the molecule is CCCCCCCCCCCCCCCCCCCCCCCCCC(=O)OC(COC(=O)CCCCCCC)COC(OCC[N+](C)(C)C)C(=O)O. The minimum atomic E-state index is -1.50. The number of carboxylic acid groups (broad SMARTS) is 1. The van der Waals surface area contributed by atoms with Crippen LogP contribution in [-0.4, -0.2) is 87.4 Å². The summed E-state index contributed by atoms with van der Waals surface area (Å²) in [6.07, 6.45) is 33.6. The molecule has 0 rings (SSSR count). The molecule has 0 saturated heterocycles. The second-order valence-corrected chi connectivity index (χ2v) is 16.4. The summed E-state index contributed by atoms with van der Waals surface area (Å²) in [5, 5.41) is 9.57. The molecule has 0 radical (unpaired) electrons. The van der Waals surface area contributed by atoms with Crippen LogP contribution in [0.3, 0.4) is 0 Å². The van der Waals surface area contributed by atoms with E-state index in [9.17, 15) is 19.5 Å². The summed E-state index contributed by atoms with van der Waals surface area (Å²) in [5.74, 6) is -2.01. The van der Waals surface area contributed by atoms with E-state index in [2.05, 4.69) is 13.8 Å². The number of hydrogen-bond acceptors (Lipinski definition) is 7. The normalized spacial score (nSPS) is 12.8. The lowest BCUT2D eigenvalue weighted by Gasteiger charge is -2.25. The van der Waals surface area contributed by atoms with Crippen LogP contribution in [0.5, 0.6) is 0 Å². The van der Waals surface area contributed by atoms with Crippen LogP contribution in [0.15, 0.2) is 0 Å². The van der Waals surface area contributed by atoms with Crippen molar-refractivity contribution in [1.29, 1.82) is 0 Å². The van der Waals surface area contributed by atoms with Crippen LogP contribution in [0.25, 0.3) is 0 Å². The molecule has 1 N–H and O–H groups in total. The Labute approximate surface area is 326 Å². The Bertz CT molecular complexity index is 846. The van der Waals surface area contributed by atoms with Crippen LogP contribution in [0.1, 0.15) is 206 Å². The molecular weight excluding hydrogens is 670 g/mol. The van der Waals surface area contributed by atoms with Gasteiger partial charge in [0.25, 0.3) is 6.29 Å². The zero-order valence-corrected chi connectivity index (χ0v) is 35.4. The van der Waals surface area contributed by atoms with Crippen molar-refractivity contribution in [3.63, 3.8) is 0 Å². The smallest absolute Gasteiger partial charge is 0.361 e. The van der Waals surface area contributed by atoms with E-state index < -0.39 is 24.3 Å². The third-order valence-corrected chi connectivity index (χ3v) is 9.86. The molecule has 0 heterocycles. The van der Waals surface area contributed by atoms with Crippen LogP contribution < -0.4 is 0 Å². The van der Waals surface area contributed by atoms with Gasteiger partial charge in [-0.15, -0.1) is 0 Å². The Kier molecular flexibility index (Phi) is 36.0. The van der Waals surface area contributed by atoms with Gasteiger partial charge in [-0.3, -0.25) is 9.59 Å². The molecule has 0 aromatic heterocycles. The van der Waals surface area contributed by atoms with Gasteiger partial charge >= 0.3 is 17.9 Å². The van der Waals surface area contributed by atoms with E-state index in [0.29, 0.717) is 17.4 Å². The summed E-state index contributed by atoms with van der Waals surface area (Å²) in [7, 11) is 5.95. The Morgan fingerprint density at radius 2 is 0.849 bits per heavy atom. The lowest BCUT2D eigenvalue weighted by Crippen LogP contribution is -2.40. The van der Waals surface area contributed by atoms with Gasteiger partial charge in [-0.2, -0.15) is 0 Å². The molecule has 0 aliphatic rings. The Balaban J connectivity index is 4.10. The number of likely N-dealkylation sites (N-methyl/N-ethyl adjacent to an activating group) is 1. The van der Waals surface area contributed by atoms with Crippen LogP contribution >= 0.6 is 0 Å². The molecule has 53 heavy (non-hydrogen) atoms. The summed E-state index contributed by atoms with van der Waals surface area (Å²) < 4.78 is 22.6. The average Bonchev–Trinajstić information content (AvgIpc) is 3.11. The number of nitrogens with zero attached hydrogens (tertiary/aromatic N) is 1. The predicted octanol–water partition coefficient (Wildman–Crippen LogP) is 11.3. The molecule has 9 nitrogen and oxygen atoms in total. The first-order valence-corrected chi connectivity index (χ1v) is 22.2. The number of carbonyl (C=O) groups is 3. The van der Waals surface area contributed by atoms with Gasteiger partial charge in [0, 0.05) is 12.8 Å². The van der Waals surface area contributed by atoms with E-state index in [1.807, 2.05) is 21.1 Å². The fourth-order valence-corrected chi connectivity index (χ4v) is 6.37. The lowest BCUT2D eigenvalue weighted by molar-refractivity contribution is -0.870. The minimum Gasteiger partial charge on any atom is -0.477 e. The largest absolute Gasteiger partial charge is 0.477 e. The van der Waals surface area contributed by atoms with Crippen LogP contribution in [0.4, 0.5) is 0 Å². The number of carbonyl (C=O) groups excluding carboxylic acids is 2. The number of unbranched alkanes of at least 4 members (excludes halogenated alkanes) is 26. The number of aliphatic carboxylic acids is 1. The van der Waals surface area contributed by atoms with Crippen LogP contribution in [-0.2, 0) is 33.3 Å². The zero-order valence-electron chi connectivity index (χ0n) is 35.4. The molecule has 0 aromatic carbocycles. The number of quaternary nitrogens is 1. The highest BCUT2D eigenvalue weighted by molar-refractivity contribution is 5.71. The van der Waals surface area contributed by atoms with E-state index in [1.165, 1.54) is 128 Å². The van der Waals surface area contributed by atoms with Gasteiger partial charge in [0.2, 0.25) is 0 Å². The van der Waals surface area contributed by atoms with E-state index in [1.54, 1.807) is 0 Å². The van der Waals surface area contributed by atoms with E-state index in [4.69, 9.17) is 18.9 Å². The van der Waals surface area contributed by atoms with Crippen molar-refractivity contribution in [3.8, 4) is 0 Å². The quantitative estimate of drug-likeness (QED) is 0.0284. The Morgan fingerprint density at radius 3 is 1.21 bits per heavy atom. The second-order valence-electron chi connectivity index (χ2n) is 16.4. The fraction of sp³-hybridized carbons (Fsp3) is 0.932. The van der Waals surface area contributed by atoms with E-state index in [-0.39, 0.29) is 32.2 Å². The minimum absolute atomic E-state index is 0.176. The molecule has 314 valence electrons. The third-order valence-electron chi connectivity index (χ3n) is 9.86. The summed E-state index contributed by atoms with van der Waals surface area (Å²) in [6, 6.07) is 0. The van der Waals surface area contributed by atoms with Crippen LogP contribution in [0, 0.1) is 0 Å². The Morgan fingerprint density at radius 1 is 0.491 bits per heavy atom. The van der Waals surface area contributed by atoms with Gasteiger partial charge in [-0.1, -0.05) is 181 Å². The van der Waals surface area contributed by atoms with Crippen molar-refractivity contribution in [2.75, 3.05) is 47.5 Å². The molecule has 0 aliphatic carbocycles. The topological polar surface area (TPSA) is 108 Å². The third kappa shape index (κ3) is 38.4. The summed E-state index contributed by atoms with van der Waals surface area (Å²) in [6.45, 7) is 4.80. The predicted molar refractivity (Wildman–Crippen MR) is 217 cm³/mol. The maximum atomic E-state index is 12.7. The molecule has 2 unspecified atom stereocenters. The molecule has 0 aliphatic heterocycles. The number of esters is 2. The van der Waals surface area contributed by atoms with Crippen molar-refractivity contribution >= 4 is 17.9 Å². The standard InChI is InChI=1S/C44H85NO8/c1-6-8-10-12-13-14-15-16-17-18-19-20-21-22-23-24-25-26-27-28-29-31-33-35-42(47)53-40(38-51-41(46)34-32-30-11-9-7-2)39-52-44(43(48)49)50-37-36-45(3,4)5/h40,44H,6-39H2,1-5H3/p+1. The average molecular weight is 757 g/mol. The van der Waals surface area contributed by atoms with E-state index in [0.717, 1.165) is 51.4 Å². The highest BCUT2D eigenvalue weighted by Gasteiger charge is 2.25. The number of rotatable bonds is 41. The van der Waals surface area contributed by atoms with Crippen molar-refractivity contribution in [2.24, 2.45) is 0 Å². The van der Waals surface area contributed by atoms with Crippen LogP contribution in [0.2, 0.25) is 0 Å². The van der Waals surface area contributed by atoms with Gasteiger partial charge in [0.1, 0.15) is 13.2 Å².